The van der Waals surface area contributed by atoms with E-state index in [1.807, 2.05) is 23.4 Å². The molecule has 9 fully saturated rings. The standard InChI is InChI=1S/C32H56N8.C6H6O.ClH.Ru/c1-2-10-18-17(9-1)25-33-26(18)38-28-21-13-5-6-14-22(21)30(35-28)40-32-24-16-8-7-15-23(24)31(36-32)39-29-20-12-4-3-11-19(20)27(34-29)37-25;7-6-4-2-1-3-5-6;;/h17-40H,1-16H2;1-5,7H;1H;/q;;;+1/p-1. The van der Waals surface area contributed by atoms with Gasteiger partial charge in [-0.15, -0.1) is 0 Å². The molecular formula is C38H62ClN8ORu. The molecule has 0 spiro atoms. The molecule has 11 heteroatoms. The van der Waals surface area contributed by atoms with Crippen LogP contribution in [0.5, 0.6) is 5.75 Å². The second-order valence-corrected chi connectivity index (χ2v) is 16.9. The van der Waals surface area contributed by atoms with Crippen LogP contribution < -0.4 is 42.5 Å². The van der Waals surface area contributed by atoms with Crippen LogP contribution in [0.3, 0.4) is 0 Å². The number of para-hydroxylation sites is 1. The van der Waals surface area contributed by atoms with E-state index in [1.165, 1.54) is 103 Å². The number of hydrogen-bond acceptors (Lipinski definition) is 9. The maximum atomic E-state index is 8.63. The van der Waals surface area contributed by atoms with Gasteiger partial charge in [-0.25, -0.2) is 0 Å². The molecule has 0 aromatic heterocycles. The normalized spacial score (nSPS) is 48.4. The monoisotopic (exact) mass is 783 g/mol. The van der Waals surface area contributed by atoms with Gasteiger partial charge >= 0.3 is 27.0 Å². The summed E-state index contributed by atoms with van der Waals surface area (Å²) in [5.74, 6) is 6.29. The Labute approximate surface area is 308 Å². The van der Waals surface area contributed by atoms with Gasteiger partial charge in [0.25, 0.3) is 0 Å². The Morgan fingerprint density at radius 3 is 0.694 bits per heavy atom. The van der Waals surface area contributed by atoms with Crippen molar-refractivity contribution < 1.29 is 22.4 Å². The molecule has 275 valence electrons. The first-order chi connectivity index (χ1) is 24.2. The Balaban J connectivity index is 0.000000344. The fraction of sp³-hybridized carbons (Fsp3) is 0.842. The van der Waals surface area contributed by atoms with E-state index in [2.05, 4.69) is 52.2 Å². The first-order valence-corrected chi connectivity index (χ1v) is 22.4. The number of aromatic hydroxyl groups is 1. The molecule has 9 nitrogen and oxygen atoms in total. The minimum absolute atomic E-state index is 0.322. The van der Waals surface area contributed by atoms with Crippen LogP contribution in [0.15, 0.2) is 30.3 Å². The Hall–Kier alpha value is -0.387. The van der Waals surface area contributed by atoms with E-state index in [9.17, 15) is 0 Å². The van der Waals surface area contributed by atoms with Gasteiger partial charge in [-0.05, 0) is 111 Å². The SMILES string of the molecule is C1CCC2C3NC(NC4NC(NC5NC(NC6NC(N3)C3CCCCC63)C3CCCCC53)C3CCCCC43)C2C1.Oc1ccccc1.[Cl][Ru]. The summed E-state index contributed by atoms with van der Waals surface area (Å²) in [6, 6.07) is 8.71. The first-order valence-electron chi connectivity index (χ1n) is 20.2. The average Bonchev–Trinajstić information content (AvgIpc) is 3.89. The Morgan fingerprint density at radius 2 is 0.551 bits per heavy atom. The van der Waals surface area contributed by atoms with Gasteiger partial charge in [0.1, 0.15) is 5.75 Å². The van der Waals surface area contributed by atoms with Crippen LogP contribution in [0.1, 0.15) is 103 Å². The third-order valence-electron chi connectivity index (χ3n) is 14.6. The van der Waals surface area contributed by atoms with Crippen molar-refractivity contribution in [2.45, 2.75) is 152 Å². The Morgan fingerprint density at radius 1 is 0.367 bits per heavy atom. The van der Waals surface area contributed by atoms with E-state index in [4.69, 9.17) is 5.11 Å². The number of phenols is 1. The van der Waals surface area contributed by atoms with Crippen molar-refractivity contribution in [1.29, 1.82) is 0 Å². The predicted octanol–water partition coefficient (Wildman–Crippen LogP) is 4.68. The van der Waals surface area contributed by atoms with Crippen LogP contribution in [0.25, 0.3) is 0 Å². The van der Waals surface area contributed by atoms with Crippen molar-refractivity contribution in [2.24, 2.45) is 47.3 Å². The zero-order chi connectivity index (χ0) is 33.3. The minimum atomic E-state index is 0.322. The molecule has 8 unspecified atom stereocenters. The quantitative estimate of drug-likeness (QED) is 0.173. The van der Waals surface area contributed by atoms with Crippen molar-refractivity contribution >= 4 is 9.69 Å². The van der Waals surface area contributed by atoms with Gasteiger partial charge in [0.05, 0.1) is 49.3 Å². The molecule has 0 radical (unpaired) electrons. The zero-order valence-corrected chi connectivity index (χ0v) is 31.6. The van der Waals surface area contributed by atoms with Crippen molar-refractivity contribution in [1.82, 2.24) is 42.5 Å². The van der Waals surface area contributed by atoms with Gasteiger partial charge in [-0.1, -0.05) is 69.6 Å². The molecule has 9 N–H and O–H groups in total. The predicted molar refractivity (Wildman–Crippen MR) is 191 cm³/mol. The van der Waals surface area contributed by atoms with Crippen LogP contribution in [0, 0.1) is 47.3 Å². The van der Waals surface area contributed by atoms with Crippen molar-refractivity contribution in [3.8, 4) is 5.75 Å². The third kappa shape index (κ3) is 7.41. The van der Waals surface area contributed by atoms with Gasteiger partial charge < -0.3 is 5.11 Å². The summed E-state index contributed by atoms with van der Waals surface area (Å²) in [4.78, 5) is 0. The van der Waals surface area contributed by atoms with Crippen LogP contribution in [0.2, 0.25) is 0 Å². The summed E-state index contributed by atoms with van der Waals surface area (Å²) in [6.45, 7) is 0. The molecule has 1 aromatic carbocycles. The van der Waals surface area contributed by atoms with Gasteiger partial charge in [0, 0.05) is 0 Å². The number of benzene rings is 1. The van der Waals surface area contributed by atoms with Gasteiger partial charge in [-0.3, -0.25) is 42.5 Å². The molecule has 1 aromatic rings. The van der Waals surface area contributed by atoms with Gasteiger partial charge in [0.2, 0.25) is 0 Å². The fourth-order valence-electron chi connectivity index (χ4n) is 12.4. The molecule has 5 saturated heterocycles. The van der Waals surface area contributed by atoms with Crippen molar-refractivity contribution in [3.05, 3.63) is 30.3 Å². The van der Waals surface area contributed by atoms with Crippen LogP contribution in [-0.4, -0.2) is 54.4 Å². The number of nitrogens with one attached hydrogen (secondary N) is 8. The molecule has 5 aliphatic heterocycles. The van der Waals surface area contributed by atoms with E-state index in [0.717, 1.165) is 47.3 Å². The number of phenolic OH excluding ortho intramolecular Hbond substituents is 1. The maximum absolute atomic E-state index is 8.63. The van der Waals surface area contributed by atoms with Gasteiger partial charge in [-0.2, -0.15) is 0 Å². The molecule has 4 saturated carbocycles. The molecule has 49 heavy (non-hydrogen) atoms. The van der Waals surface area contributed by atoms with Crippen molar-refractivity contribution in [3.63, 3.8) is 0 Å². The fourth-order valence-corrected chi connectivity index (χ4v) is 12.4. The van der Waals surface area contributed by atoms with Crippen LogP contribution in [-0.2, 0) is 17.3 Å². The summed E-state index contributed by atoms with van der Waals surface area (Å²) < 4.78 is 0. The molecule has 8 atom stereocenters. The molecule has 0 amide bonds. The molecule has 8 bridgehead atoms. The zero-order valence-electron chi connectivity index (χ0n) is 29.1. The van der Waals surface area contributed by atoms with Gasteiger partial charge in [0.15, 0.2) is 0 Å². The number of fused-ring (bicyclic) bond motifs is 20. The summed E-state index contributed by atoms with van der Waals surface area (Å²) in [5.41, 5.74) is 0. The summed E-state index contributed by atoms with van der Waals surface area (Å²) in [6.07, 6.45) is 25.6. The third-order valence-corrected chi connectivity index (χ3v) is 14.6. The van der Waals surface area contributed by atoms with E-state index < -0.39 is 0 Å². The molecule has 10 rings (SSSR count). The number of rotatable bonds is 0. The number of halogens is 1. The van der Waals surface area contributed by atoms with Crippen LogP contribution in [0.4, 0.5) is 0 Å². The summed E-state index contributed by atoms with van der Waals surface area (Å²) in [5, 5.41) is 42.4. The molecule has 4 aliphatic carbocycles. The average molecular weight is 783 g/mol. The second-order valence-electron chi connectivity index (χ2n) is 16.9. The van der Waals surface area contributed by atoms with E-state index in [-0.39, 0.29) is 0 Å². The van der Waals surface area contributed by atoms with Crippen molar-refractivity contribution in [2.75, 3.05) is 0 Å². The summed E-state index contributed by atoms with van der Waals surface area (Å²) >= 11 is 1.82. The molecular weight excluding hydrogens is 721 g/mol. The number of hydrogen-bond donors (Lipinski definition) is 9. The van der Waals surface area contributed by atoms with Crippen LogP contribution >= 0.6 is 9.69 Å². The Kier molecular flexibility index (Phi) is 11.9. The topological polar surface area (TPSA) is 116 Å². The van der Waals surface area contributed by atoms with E-state index >= 15 is 0 Å². The Bertz CT molecular complexity index is 996. The molecule has 9 aliphatic rings. The van der Waals surface area contributed by atoms with E-state index in [0.29, 0.717) is 55.1 Å². The summed E-state index contributed by atoms with van der Waals surface area (Å²) in [7, 11) is 4.57. The molecule has 5 heterocycles. The second kappa shape index (κ2) is 16.3. The van der Waals surface area contributed by atoms with E-state index in [1.54, 1.807) is 24.3 Å². The first kappa shape index (κ1) is 35.6.